The van der Waals surface area contributed by atoms with Gasteiger partial charge in [0.1, 0.15) is 5.75 Å². The Labute approximate surface area is 171 Å². The molecule has 1 heterocycles. The molecule has 0 unspecified atom stereocenters. The van der Waals surface area contributed by atoms with Crippen LogP contribution in [-0.2, 0) is 6.42 Å². The van der Waals surface area contributed by atoms with Gasteiger partial charge in [-0.05, 0) is 73.2 Å². The number of hydrogen-bond donors (Lipinski definition) is 0. The van der Waals surface area contributed by atoms with Gasteiger partial charge < -0.3 is 4.74 Å². The van der Waals surface area contributed by atoms with Crippen molar-refractivity contribution < 1.29 is 4.74 Å². The maximum absolute atomic E-state index is 6.09. The molecule has 3 aromatic rings. The number of hydrogen-bond acceptors (Lipinski definition) is 2. The lowest BCUT2D eigenvalue weighted by atomic mass is 9.89. The van der Waals surface area contributed by atoms with E-state index in [0.717, 1.165) is 18.1 Å². The fourth-order valence-electron chi connectivity index (χ4n) is 3.39. The van der Waals surface area contributed by atoms with Gasteiger partial charge in [-0.2, -0.15) is 0 Å². The molecule has 28 heavy (non-hydrogen) atoms. The summed E-state index contributed by atoms with van der Waals surface area (Å²) in [6.45, 7) is 8.49. The van der Waals surface area contributed by atoms with Crippen molar-refractivity contribution in [2.24, 2.45) is 5.92 Å². The Morgan fingerprint density at radius 3 is 2.25 bits per heavy atom. The number of fused-ring (bicyclic) bond motifs is 1. The fraction of sp³-hybridized carbons (Fsp3) is 0.423. The Hall–Kier alpha value is -2.35. The first-order valence-electron chi connectivity index (χ1n) is 10.8. The third-order valence-corrected chi connectivity index (χ3v) is 5.13. The first-order valence-corrected chi connectivity index (χ1v) is 10.8. The molecule has 1 aliphatic carbocycles. The fourth-order valence-corrected chi connectivity index (χ4v) is 3.39. The smallest absolute Gasteiger partial charge is 0.120 e. The molecule has 0 radical (unpaired) electrons. The van der Waals surface area contributed by atoms with Gasteiger partial charge in [0.2, 0.25) is 0 Å². The van der Waals surface area contributed by atoms with Gasteiger partial charge in [0.05, 0.1) is 6.10 Å². The van der Waals surface area contributed by atoms with E-state index < -0.39 is 0 Å². The van der Waals surface area contributed by atoms with E-state index >= 15 is 0 Å². The lowest BCUT2D eigenvalue weighted by Crippen LogP contribution is -2.22. The average molecular weight is 378 g/mol. The van der Waals surface area contributed by atoms with Gasteiger partial charge in [-0.15, -0.1) is 0 Å². The number of aromatic nitrogens is 1. The van der Waals surface area contributed by atoms with E-state index in [-0.39, 0.29) is 0 Å². The zero-order chi connectivity index (χ0) is 20.2. The Kier molecular flexibility index (Phi) is 9.54. The predicted molar refractivity (Wildman–Crippen MR) is 121 cm³/mol. The summed E-state index contributed by atoms with van der Waals surface area (Å²) in [4.78, 5) is 4.13. The quantitative estimate of drug-likeness (QED) is 0.472. The van der Waals surface area contributed by atoms with Crippen LogP contribution in [0.1, 0.15) is 58.9 Å². The van der Waals surface area contributed by atoms with Gasteiger partial charge in [-0.3, -0.25) is 4.98 Å². The highest BCUT2D eigenvalue weighted by Crippen LogP contribution is 2.28. The van der Waals surface area contributed by atoms with Crippen molar-refractivity contribution in [3.05, 3.63) is 72.6 Å². The van der Waals surface area contributed by atoms with Crippen LogP contribution < -0.4 is 4.74 Å². The van der Waals surface area contributed by atoms with Crippen LogP contribution in [0.3, 0.4) is 0 Å². The number of nitrogens with zero attached hydrogens (tertiary/aromatic N) is 1. The van der Waals surface area contributed by atoms with Crippen LogP contribution in [0.4, 0.5) is 0 Å². The Balaban J connectivity index is 0.000000236. The number of rotatable bonds is 3. The highest BCUT2D eigenvalue weighted by atomic mass is 16.5. The van der Waals surface area contributed by atoms with Gasteiger partial charge in [-0.25, -0.2) is 0 Å². The Morgan fingerprint density at radius 1 is 0.893 bits per heavy atom. The van der Waals surface area contributed by atoms with E-state index in [1.54, 1.807) is 0 Å². The van der Waals surface area contributed by atoms with E-state index in [9.17, 15) is 0 Å². The number of ether oxygens (including phenoxy) is 1. The van der Waals surface area contributed by atoms with Gasteiger partial charge in [-0.1, -0.05) is 58.0 Å². The average Bonchev–Trinajstić information content (AvgIpc) is 2.78. The molecule has 1 fully saturated rings. The molecular weight excluding hydrogens is 342 g/mol. The topological polar surface area (TPSA) is 22.1 Å². The van der Waals surface area contributed by atoms with Gasteiger partial charge in [0, 0.05) is 17.8 Å². The van der Waals surface area contributed by atoms with E-state index in [2.05, 4.69) is 61.3 Å². The van der Waals surface area contributed by atoms with Crippen LogP contribution in [0.25, 0.3) is 10.8 Å². The highest BCUT2D eigenvalue weighted by Gasteiger charge is 2.19. The van der Waals surface area contributed by atoms with Crippen molar-refractivity contribution in [2.45, 2.75) is 65.9 Å². The van der Waals surface area contributed by atoms with Crippen molar-refractivity contribution in [1.82, 2.24) is 4.98 Å². The van der Waals surface area contributed by atoms with E-state index in [1.807, 2.05) is 38.4 Å². The zero-order valence-corrected chi connectivity index (χ0v) is 17.9. The molecule has 0 saturated heterocycles. The summed E-state index contributed by atoms with van der Waals surface area (Å²) in [6.07, 6.45) is 10.2. The minimum atomic E-state index is 0.403. The second-order valence-electron chi connectivity index (χ2n) is 7.22. The number of aryl methyl sites for hydroxylation is 1. The number of pyridine rings is 1. The standard InChI is InChI=1S/C16H19NO.C8H10.C2H6/c1-12-2-5-15(6-3-12)18-16-7-4-14-11-17-9-8-13(14)10-16;1-2-8-6-4-3-5-7-8;1-2/h4,7-12,15H,2-3,5-6H2,1H3;3-7H,2H2,1H3;1-2H3. The number of benzene rings is 2. The molecule has 0 bridgehead atoms. The van der Waals surface area contributed by atoms with Crippen molar-refractivity contribution in [3.63, 3.8) is 0 Å². The molecule has 0 aliphatic heterocycles. The maximum atomic E-state index is 6.09. The van der Waals surface area contributed by atoms with Crippen LogP contribution in [0.15, 0.2) is 67.0 Å². The van der Waals surface area contributed by atoms with Crippen molar-refractivity contribution >= 4 is 10.8 Å². The van der Waals surface area contributed by atoms with E-state index in [0.29, 0.717) is 6.10 Å². The summed E-state index contributed by atoms with van der Waals surface area (Å²) >= 11 is 0. The van der Waals surface area contributed by atoms with E-state index in [4.69, 9.17) is 4.74 Å². The normalized spacial score (nSPS) is 18.3. The van der Waals surface area contributed by atoms with Crippen LogP contribution in [0.5, 0.6) is 5.75 Å². The largest absolute Gasteiger partial charge is 0.490 e. The molecule has 2 heteroatoms. The summed E-state index contributed by atoms with van der Waals surface area (Å²) < 4.78 is 6.09. The molecule has 1 aliphatic rings. The third-order valence-electron chi connectivity index (χ3n) is 5.13. The lowest BCUT2D eigenvalue weighted by molar-refractivity contribution is 0.136. The van der Waals surface area contributed by atoms with Crippen molar-refractivity contribution in [3.8, 4) is 5.75 Å². The van der Waals surface area contributed by atoms with Gasteiger partial charge >= 0.3 is 0 Å². The highest BCUT2D eigenvalue weighted by molar-refractivity contribution is 5.82. The molecule has 4 rings (SSSR count). The molecule has 0 amide bonds. The molecule has 2 aromatic carbocycles. The Morgan fingerprint density at radius 2 is 1.61 bits per heavy atom. The predicted octanol–water partition coefficient (Wildman–Crippen LogP) is 7.47. The first kappa shape index (κ1) is 21.9. The van der Waals surface area contributed by atoms with Crippen LogP contribution in [0.2, 0.25) is 0 Å². The lowest BCUT2D eigenvalue weighted by Gasteiger charge is -2.26. The minimum absolute atomic E-state index is 0.403. The first-order chi connectivity index (χ1) is 13.7. The van der Waals surface area contributed by atoms with Gasteiger partial charge in [0.15, 0.2) is 0 Å². The van der Waals surface area contributed by atoms with Crippen LogP contribution in [0, 0.1) is 5.92 Å². The summed E-state index contributed by atoms with van der Waals surface area (Å²) in [5, 5.41) is 2.37. The molecule has 0 atom stereocenters. The summed E-state index contributed by atoms with van der Waals surface area (Å²) in [6, 6.07) is 18.8. The summed E-state index contributed by atoms with van der Waals surface area (Å²) in [7, 11) is 0. The molecule has 0 spiro atoms. The summed E-state index contributed by atoms with van der Waals surface area (Å²) in [5.74, 6) is 1.86. The monoisotopic (exact) mass is 377 g/mol. The minimum Gasteiger partial charge on any atom is -0.490 e. The summed E-state index contributed by atoms with van der Waals surface area (Å²) in [5.41, 5.74) is 1.41. The van der Waals surface area contributed by atoms with Gasteiger partial charge in [0.25, 0.3) is 0 Å². The second kappa shape index (κ2) is 12.2. The molecule has 1 saturated carbocycles. The third kappa shape index (κ3) is 6.99. The zero-order valence-electron chi connectivity index (χ0n) is 17.9. The van der Waals surface area contributed by atoms with E-state index in [1.165, 1.54) is 42.0 Å². The molecule has 1 aromatic heterocycles. The SMILES string of the molecule is CC.CC1CCC(Oc2ccc3cnccc3c2)CC1.CCc1ccccc1. The van der Waals surface area contributed by atoms with Crippen LogP contribution in [-0.4, -0.2) is 11.1 Å². The van der Waals surface area contributed by atoms with Crippen molar-refractivity contribution in [2.75, 3.05) is 0 Å². The molecular formula is C26H35NO. The second-order valence-corrected chi connectivity index (χ2v) is 7.22. The van der Waals surface area contributed by atoms with Crippen LogP contribution >= 0.6 is 0 Å². The maximum Gasteiger partial charge on any atom is 0.120 e. The van der Waals surface area contributed by atoms with Crippen molar-refractivity contribution in [1.29, 1.82) is 0 Å². The molecule has 2 nitrogen and oxygen atoms in total. The molecule has 0 N–H and O–H groups in total. The Bertz CT molecular complexity index is 792. The molecule has 150 valence electrons.